The van der Waals surface area contributed by atoms with E-state index in [-0.39, 0.29) is 17.3 Å². The van der Waals surface area contributed by atoms with Gasteiger partial charge in [0.15, 0.2) is 35.3 Å². The molecule has 18 heteroatoms. The molecule has 1 aromatic carbocycles. The van der Waals surface area contributed by atoms with E-state index in [1.807, 2.05) is 0 Å². The van der Waals surface area contributed by atoms with E-state index >= 15 is 0 Å². The molecule has 1 fully saturated rings. The van der Waals surface area contributed by atoms with E-state index in [1.54, 1.807) is 25.1 Å². The predicted octanol–water partition coefficient (Wildman–Crippen LogP) is 2.73. The summed E-state index contributed by atoms with van der Waals surface area (Å²) in [4.78, 5) is 51.1. The topological polar surface area (TPSA) is 254 Å². The average molecular weight is 671 g/mol. The SMILES string of the molecule is CC=CC(=O)CCCCCNC(=O)[C@H]1O[C@@H](n2cnc3c(N)ncnc32)[C@H](O)[C@@H]1O.CCCCCNc1ccc([N+](=O)[O-])c2c1NON2. The third kappa shape index (κ3) is 8.71. The van der Waals surface area contributed by atoms with Crippen LogP contribution in [0.1, 0.15) is 65.0 Å². The lowest BCUT2D eigenvalue weighted by Gasteiger charge is -2.16. The summed E-state index contributed by atoms with van der Waals surface area (Å²) < 4.78 is 7.05. The Kier molecular flexibility index (Phi) is 13.0. The smallest absolute Gasteiger partial charge is 0.297 e. The minimum absolute atomic E-state index is 0.00546. The van der Waals surface area contributed by atoms with Crippen LogP contribution >= 0.6 is 0 Å². The third-order valence-electron chi connectivity index (χ3n) is 7.69. The van der Waals surface area contributed by atoms with Gasteiger partial charge in [-0.2, -0.15) is 4.94 Å². The fraction of sp³-hybridized carbons (Fsp3) is 0.500. The summed E-state index contributed by atoms with van der Waals surface area (Å²) in [5, 5.41) is 37.5. The number of aliphatic hydroxyl groups is 2. The molecular formula is C30H42N10O8. The van der Waals surface area contributed by atoms with Crippen LogP contribution in [0, 0.1) is 10.1 Å². The number of carbonyl (C=O) groups is 2. The van der Waals surface area contributed by atoms with Crippen molar-refractivity contribution < 1.29 is 34.4 Å². The Bertz CT molecular complexity index is 1600. The Hall–Kier alpha value is -4.91. The molecular weight excluding hydrogens is 628 g/mol. The molecule has 8 N–H and O–H groups in total. The maximum Gasteiger partial charge on any atom is 0.297 e. The molecule has 0 spiro atoms. The fourth-order valence-corrected chi connectivity index (χ4v) is 5.17. The number of nitro benzene ring substituents is 1. The van der Waals surface area contributed by atoms with Crippen molar-refractivity contribution in [3.05, 3.63) is 47.1 Å². The monoisotopic (exact) mass is 670 g/mol. The highest BCUT2D eigenvalue weighted by Gasteiger charge is 2.47. The van der Waals surface area contributed by atoms with E-state index in [9.17, 15) is 29.9 Å². The maximum absolute atomic E-state index is 12.4. The molecule has 0 unspecified atom stereocenters. The first-order valence-corrected chi connectivity index (χ1v) is 15.8. The molecule has 1 amide bonds. The molecule has 18 nitrogen and oxygen atoms in total. The van der Waals surface area contributed by atoms with Crippen molar-refractivity contribution in [3.8, 4) is 0 Å². The van der Waals surface area contributed by atoms with E-state index in [1.165, 1.54) is 23.3 Å². The molecule has 0 bridgehead atoms. The average Bonchev–Trinajstić information content (AvgIpc) is 3.80. The van der Waals surface area contributed by atoms with Gasteiger partial charge in [-0.15, -0.1) is 0 Å². The lowest BCUT2D eigenvalue weighted by atomic mass is 10.1. The van der Waals surface area contributed by atoms with Gasteiger partial charge in [0.1, 0.15) is 29.7 Å². The number of hydrogen-bond donors (Lipinski definition) is 7. The Morgan fingerprint density at radius 3 is 2.60 bits per heavy atom. The van der Waals surface area contributed by atoms with Crippen molar-refractivity contribution in [2.24, 2.45) is 0 Å². The van der Waals surface area contributed by atoms with E-state index in [2.05, 4.69) is 43.5 Å². The van der Waals surface area contributed by atoms with Crippen molar-refractivity contribution in [1.82, 2.24) is 24.8 Å². The molecule has 1 saturated heterocycles. The van der Waals surface area contributed by atoms with Crippen LogP contribution in [0.15, 0.2) is 36.9 Å². The zero-order valence-electron chi connectivity index (χ0n) is 26.8. The van der Waals surface area contributed by atoms with Gasteiger partial charge in [-0.25, -0.2) is 25.9 Å². The van der Waals surface area contributed by atoms with E-state index in [4.69, 9.17) is 15.4 Å². The van der Waals surface area contributed by atoms with Gasteiger partial charge in [-0.05, 0) is 38.3 Å². The second-order valence-corrected chi connectivity index (χ2v) is 11.2. The Labute approximate surface area is 276 Å². The second kappa shape index (κ2) is 17.3. The van der Waals surface area contributed by atoms with Crippen LogP contribution in [0.5, 0.6) is 0 Å². The van der Waals surface area contributed by atoms with Gasteiger partial charge in [-0.3, -0.25) is 24.3 Å². The summed E-state index contributed by atoms with van der Waals surface area (Å²) in [5.41, 5.74) is 13.3. The number of nitro groups is 1. The van der Waals surface area contributed by atoms with E-state index in [0.29, 0.717) is 41.9 Å². The molecule has 2 aromatic heterocycles. The number of nitrogens with two attached hydrogens (primary N) is 1. The van der Waals surface area contributed by atoms with Crippen LogP contribution in [-0.2, 0) is 19.3 Å². The minimum Gasteiger partial charge on any atom is -0.387 e. The van der Waals surface area contributed by atoms with Crippen molar-refractivity contribution in [1.29, 1.82) is 0 Å². The summed E-state index contributed by atoms with van der Waals surface area (Å²) >= 11 is 0. The highest BCUT2D eigenvalue weighted by Crippen LogP contribution is 2.41. The Morgan fingerprint density at radius 2 is 1.85 bits per heavy atom. The summed E-state index contributed by atoms with van der Waals surface area (Å²) in [7, 11) is 0. The number of amides is 1. The number of nitrogens with zero attached hydrogens (tertiary/aromatic N) is 5. The van der Waals surface area contributed by atoms with Crippen LogP contribution < -0.4 is 27.3 Å². The first-order chi connectivity index (χ1) is 23.2. The number of benzene rings is 1. The van der Waals surface area contributed by atoms with Crippen LogP contribution in [0.4, 0.5) is 28.6 Å². The van der Waals surface area contributed by atoms with Gasteiger partial charge in [0.2, 0.25) is 0 Å². The zero-order valence-corrected chi connectivity index (χ0v) is 26.8. The van der Waals surface area contributed by atoms with Crippen molar-refractivity contribution in [3.63, 3.8) is 0 Å². The number of hydrogen-bond acceptors (Lipinski definition) is 15. The molecule has 4 atom stereocenters. The maximum atomic E-state index is 12.4. The number of allylic oxidation sites excluding steroid dienone is 2. The number of nitrogen functional groups attached to an aromatic ring is 1. The molecule has 2 aliphatic heterocycles. The van der Waals surface area contributed by atoms with Crippen LogP contribution in [0.3, 0.4) is 0 Å². The lowest BCUT2D eigenvalue weighted by Crippen LogP contribution is -2.43. The molecule has 260 valence electrons. The van der Waals surface area contributed by atoms with Crippen molar-refractivity contribution >= 4 is 51.4 Å². The molecule has 4 heterocycles. The van der Waals surface area contributed by atoms with Gasteiger partial charge >= 0.3 is 0 Å². The highest BCUT2D eigenvalue weighted by molar-refractivity contribution is 5.90. The first kappa shape index (κ1) is 35.9. The van der Waals surface area contributed by atoms with Crippen LogP contribution in [0.25, 0.3) is 11.2 Å². The number of imidazole rings is 1. The summed E-state index contributed by atoms with van der Waals surface area (Å²) in [6.45, 7) is 5.15. The summed E-state index contributed by atoms with van der Waals surface area (Å²) in [6, 6.07) is 3.15. The van der Waals surface area contributed by atoms with Gasteiger partial charge in [0, 0.05) is 25.6 Å². The third-order valence-corrected chi connectivity index (χ3v) is 7.69. The number of unbranched alkanes of at least 4 members (excludes halogenated alkanes) is 4. The summed E-state index contributed by atoms with van der Waals surface area (Å²) in [6.07, 6.45) is 6.89. The minimum atomic E-state index is -1.41. The molecule has 0 aliphatic carbocycles. The number of aliphatic hydroxyl groups excluding tert-OH is 2. The molecule has 0 saturated carbocycles. The number of carbonyl (C=O) groups excluding carboxylic acids is 2. The van der Waals surface area contributed by atoms with Crippen LogP contribution in [-0.4, -0.2) is 77.7 Å². The number of aromatic nitrogens is 4. The fourth-order valence-electron chi connectivity index (χ4n) is 5.17. The lowest BCUT2D eigenvalue weighted by molar-refractivity contribution is -0.384. The normalized spacial score (nSPS) is 19.7. The molecule has 3 aromatic rings. The number of rotatable bonds is 15. The number of ether oxygens (including phenoxy) is 1. The van der Waals surface area contributed by atoms with Crippen molar-refractivity contribution in [2.75, 3.05) is 35.1 Å². The Balaban J connectivity index is 0.000000246. The largest absolute Gasteiger partial charge is 0.387 e. The van der Waals surface area contributed by atoms with Crippen LogP contribution in [0.2, 0.25) is 0 Å². The van der Waals surface area contributed by atoms with Gasteiger partial charge in [0.25, 0.3) is 11.6 Å². The summed E-state index contributed by atoms with van der Waals surface area (Å²) in [5.74, 6) is -0.260. The standard InChI is InChI=1S/C19H26N6O5.C11H16N4O3/c1-2-6-11(26)7-4-3-5-8-21-18(29)15-13(27)14(28)19(30-15)25-10-24-12-16(20)22-9-23-17(12)25;1-2-3-4-7-12-8-5-6-9(15(16)17)11-10(8)13-18-14-11/h2,6,9-10,13-15,19,27-28H,3-5,7-8H2,1H3,(H,21,29)(H2,20,22,23);5-6,12-14H,2-4,7H2,1H3/t13-,14+,15-,19+;/m0./s1. The number of fused-ring (bicyclic) bond motifs is 2. The first-order valence-electron chi connectivity index (χ1n) is 15.8. The Morgan fingerprint density at radius 1 is 1.08 bits per heavy atom. The van der Waals surface area contributed by atoms with Gasteiger partial charge in [-0.1, -0.05) is 32.3 Å². The van der Waals surface area contributed by atoms with Gasteiger partial charge < -0.3 is 31.3 Å². The predicted molar refractivity (Wildman–Crippen MR) is 176 cm³/mol. The number of ketones is 1. The van der Waals surface area contributed by atoms with E-state index in [0.717, 1.165) is 44.3 Å². The molecule has 5 rings (SSSR count). The molecule has 48 heavy (non-hydrogen) atoms. The quantitative estimate of drug-likeness (QED) is 0.0531. The van der Waals surface area contributed by atoms with Crippen molar-refractivity contribution in [2.45, 2.75) is 83.3 Å². The van der Waals surface area contributed by atoms with Gasteiger partial charge in [0.05, 0.1) is 16.9 Å². The molecule has 2 aliphatic rings. The second-order valence-electron chi connectivity index (χ2n) is 11.2. The van der Waals surface area contributed by atoms with E-state index < -0.39 is 35.4 Å². The zero-order chi connectivity index (χ0) is 34.6. The molecule has 0 radical (unpaired) electrons. The highest BCUT2D eigenvalue weighted by atomic mass is 16.8. The number of anilines is 4. The number of nitrogens with one attached hydrogen (secondary N) is 4.